The monoisotopic (exact) mass is 293 g/mol. The van der Waals surface area contributed by atoms with Gasteiger partial charge < -0.3 is 10.4 Å². The van der Waals surface area contributed by atoms with Gasteiger partial charge in [0, 0.05) is 12.6 Å². The van der Waals surface area contributed by atoms with Crippen molar-refractivity contribution in [2.24, 2.45) is 0 Å². The zero-order chi connectivity index (χ0) is 15.2. The molecule has 1 aromatic heterocycles. The fourth-order valence-corrected chi connectivity index (χ4v) is 2.56. The molecule has 1 aliphatic rings. The van der Waals surface area contributed by atoms with Crippen LogP contribution in [0.2, 0.25) is 0 Å². The predicted molar refractivity (Wildman–Crippen MR) is 79.1 cm³/mol. The quantitative estimate of drug-likeness (QED) is 0.850. The molecule has 0 spiro atoms. The van der Waals surface area contributed by atoms with E-state index in [9.17, 15) is 14.7 Å². The molecule has 1 aliphatic carbocycles. The molecule has 0 aromatic carbocycles. The Balaban J connectivity index is 2.06. The first-order chi connectivity index (χ1) is 10.1. The highest BCUT2D eigenvalue weighted by Gasteiger charge is 2.25. The molecule has 2 unspecified atom stereocenters. The standard InChI is InChI=1S/C15H23N3O3/c1-2-3-10-18-14(20)9-8-12(17-18)15(21)16-11-6-4-5-7-13(11)19/h8-9,11,13,19H,2-7,10H2,1H3,(H,16,21). The van der Waals surface area contributed by atoms with Crippen LogP contribution >= 0.6 is 0 Å². The molecule has 1 amide bonds. The Morgan fingerprint density at radius 2 is 2.19 bits per heavy atom. The molecule has 0 bridgehead atoms. The number of carbonyl (C=O) groups excluding carboxylic acids is 1. The Hall–Kier alpha value is -1.69. The van der Waals surface area contributed by atoms with Crippen molar-refractivity contribution in [2.45, 2.75) is 64.1 Å². The van der Waals surface area contributed by atoms with E-state index in [2.05, 4.69) is 10.4 Å². The molecule has 1 fully saturated rings. The first-order valence-corrected chi connectivity index (χ1v) is 7.69. The highest BCUT2D eigenvalue weighted by molar-refractivity contribution is 5.92. The Morgan fingerprint density at radius 1 is 1.43 bits per heavy atom. The minimum absolute atomic E-state index is 0.197. The Bertz CT molecular complexity index is 541. The largest absolute Gasteiger partial charge is 0.391 e. The topological polar surface area (TPSA) is 84.2 Å². The minimum atomic E-state index is -0.492. The van der Waals surface area contributed by atoms with Crippen molar-refractivity contribution < 1.29 is 9.90 Å². The van der Waals surface area contributed by atoms with Crippen LogP contribution in [0.3, 0.4) is 0 Å². The summed E-state index contributed by atoms with van der Waals surface area (Å²) in [6.07, 6.45) is 4.81. The predicted octanol–water partition coefficient (Wildman–Crippen LogP) is 1.08. The SMILES string of the molecule is CCCCn1nc(C(=O)NC2CCCCC2O)ccc1=O. The van der Waals surface area contributed by atoms with Gasteiger partial charge in [0.15, 0.2) is 0 Å². The smallest absolute Gasteiger partial charge is 0.272 e. The second-order valence-electron chi connectivity index (χ2n) is 5.57. The molecule has 6 heteroatoms. The van der Waals surface area contributed by atoms with Crippen molar-refractivity contribution in [3.05, 3.63) is 28.2 Å². The summed E-state index contributed by atoms with van der Waals surface area (Å²) in [6, 6.07) is 2.59. The number of hydrogen-bond acceptors (Lipinski definition) is 4. The lowest BCUT2D eigenvalue weighted by Gasteiger charge is -2.28. The number of aryl methyl sites for hydroxylation is 1. The number of hydrogen-bond donors (Lipinski definition) is 2. The fourth-order valence-electron chi connectivity index (χ4n) is 2.56. The van der Waals surface area contributed by atoms with E-state index < -0.39 is 6.10 Å². The third kappa shape index (κ3) is 4.14. The molecule has 1 aromatic rings. The van der Waals surface area contributed by atoms with Gasteiger partial charge in [-0.1, -0.05) is 26.2 Å². The molecular formula is C15H23N3O3. The molecular weight excluding hydrogens is 270 g/mol. The van der Waals surface area contributed by atoms with E-state index in [0.29, 0.717) is 13.0 Å². The zero-order valence-electron chi connectivity index (χ0n) is 12.4. The number of unbranched alkanes of at least 4 members (excludes halogenated alkanes) is 1. The number of aliphatic hydroxyl groups is 1. The highest BCUT2D eigenvalue weighted by atomic mass is 16.3. The van der Waals surface area contributed by atoms with E-state index in [0.717, 1.165) is 32.1 Å². The van der Waals surface area contributed by atoms with Crippen molar-refractivity contribution in [3.8, 4) is 0 Å². The van der Waals surface area contributed by atoms with Crippen LogP contribution in [0.1, 0.15) is 55.9 Å². The van der Waals surface area contributed by atoms with E-state index in [1.54, 1.807) is 0 Å². The van der Waals surface area contributed by atoms with E-state index in [-0.39, 0.29) is 23.2 Å². The summed E-state index contributed by atoms with van der Waals surface area (Å²) < 4.78 is 1.33. The Labute approximate surface area is 124 Å². The molecule has 0 radical (unpaired) electrons. The first-order valence-electron chi connectivity index (χ1n) is 7.69. The van der Waals surface area contributed by atoms with Gasteiger partial charge in [-0.05, 0) is 25.3 Å². The van der Waals surface area contributed by atoms with Crippen LogP contribution in [0.25, 0.3) is 0 Å². The average molecular weight is 293 g/mol. The summed E-state index contributed by atoms with van der Waals surface area (Å²) in [5, 5.41) is 16.8. The van der Waals surface area contributed by atoms with Gasteiger partial charge in [-0.25, -0.2) is 4.68 Å². The summed E-state index contributed by atoms with van der Waals surface area (Å²) in [7, 11) is 0. The number of aromatic nitrogens is 2. The second-order valence-corrected chi connectivity index (χ2v) is 5.57. The van der Waals surface area contributed by atoms with Gasteiger partial charge >= 0.3 is 0 Å². The lowest BCUT2D eigenvalue weighted by atomic mass is 9.92. The molecule has 1 saturated carbocycles. The van der Waals surface area contributed by atoms with Crippen molar-refractivity contribution >= 4 is 5.91 Å². The summed E-state index contributed by atoms with van der Waals surface area (Å²) >= 11 is 0. The van der Waals surface area contributed by atoms with Crippen LogP contribution in [-0.2, 0) is 6.54 Å². The normalized spacial score (nSPS) is 22.0. The van der Waals surface area contributed by atoms with Gasteiger partial charge in [-0.3, -0.25) is 9.59 Å². The van der Waals surface area contributed by atoms with Gasteiger partial charge in [-0.15, -0.1) is 0 Å². The maximum Gasteiger partial charge on any atom is 0.272 e. The summed E-state index contributed by atoms with van der Waals surface area (Å²) in [4.78, 5) is 23.9. The number of nitrogens with one attached hydrogen (secondary N) is 1. The number of aliphatic hydroxyl groups excluding tert-OH is 1. The molecule has 2 rings (SSSR count). The van der Waals surface area contributed by atoms with Gasteiger partial charge in [-0.2, -0.15) is 5.10 Å². The van der Waals surface area contributed by atoms with Gasteiger partial charge in [0.2, 0.25) is 0 Å². The third-order valence-corrected chi connectivity index (χ3v) is 3.87. The van der Waals surface area contributed by atoms with E-state index in [4.69, 9.17) is 0 Å². The molecule has 2 atom stereocenters. The summed E-state index contributed by atoms with van der Waals surface area (Å²) in [6.45, 7) is 2.55. The van der Waals surface area contributed by atoms with Gasteiger partial charge in [0.1, 0.15) is 5.69 Å². The molecule has 1 heterocycles. The number of carbonyl (C=O) groups is 1. The van der Waals surface area contributed by atoms with Crippen LogP contribution < -0.4 is 10.9 Å². The fraction of sp³-hybridized carbons (Fsp3) is 0.667. The van der Waals surface area contributed by atoms with Gasteiger partial charge in [0.25, 0.3) is 11.5 Å². The third-order valence-electron chi connectivity index (χ3n) is 3.87. The number of amides is 1. The molecule has 0 saturated heterocycles. The maximum atomic E-state index is 12.2. The second kappa shape index (κ2) is 7.36. The average Bonchev–Trinajstić information content (AvgIpc) is 2.48. The van der Waals surface area contributed by atoms with E-state index >= 15 is 0 Å². The molecule has 2 N–H and O–H groups in total. The van der Waals surface area contributed by atoms with E-state index in [1.165, 1.54) is 16.8 Å². The van der Waals surface area contributed by atoms with Crippen molar-refractivity contribution in [3.63, 3.8) is 0 Å². The first kappa shape index (κ1) is 15.7. The molecule has 21 heavy (non-hydrogen) atoms. The highest BCUT2D eigenvalue weighted by Crippen LogP contribution is 2.18. The van der Waals surface area contributed by atoms with Crippen LogP contribution in [0.15, 0.2) is 16.9 Å². The summed E-state index contributed by atoms with van der Waals surface area (Å²) in [5.74, 6) is -0.328. The van der Waals surface area contributed by atoms with Crippen molar-refractivity contribution in [2.75, 3.05) is 0 Å². The lowest BCUT2D eigenvalue weighted by Crippen LogP contribution is -2.45. The minimum Gasteiger partial charge on any atom is -0.391 e. The van der Waals surface area contributed by atoms with Crippen molar-refractivity contribution in [1.29, 1.82) is 0 Å². The number of rotatable bonds is 5. The number of nitrogens with zero attached hydrogens (tertiary/aromatic N) is 2. The Morgan fingerprint density at radius 3 is 2.90 bits per heavy atom. The molecule has 116 valence electrons. The molecule has 6 nitrogen and oxygen atoms in total. The van der Waals surface area contributed by atoms with Gasteiger partial charge in [0.05, 0.1) is 12.1 Å². The van der Waals surface area contributed by atoms with Crippen LogP contribution in [-0.4, -0.2) is 32.9 Å². The van der Waals surface area contributed by atoms with Crippen LogP contribution in [0.5, 0.6) is 0 Å². The van der Waals surface area contributed by atoms with Crippen LogP contribution in [0.4, 0.5) is 0 Å². The molecule has 0 aliphatic heterocycles. The Kier molecular flexibility index (Phi) is 5.50. The van der Waals surface area contributed by atoms with E-state index in [1.807, 2.05) is 6.92 Å². The zero-order valence-corrected chi connectivity index (χ0v) is 12.4. The summed E-state index contributed by atoms with van der Waals surface area (Å²) in [5.41, 5.74) is 0.0289. The van der Waals surface area contributed by atoms with Crippen LogP contribution in [0, 0.1) is 0 Å². The van der Waals surface area contributed by atoms with Crippen molar-refractivity contribution in [1.82, 2.24) is 15.1 Å². The maximum absolute atomic E-state index is 12.2. The lowest BCUT2D eigenvalue weighted by molar-refractivity contribution is 0.0712.